The van der Waals surface area contributed by atoms with Gasteiger partial charge < -0.3 is 9.84 Å². The molecule has 1 saturated heterocycles. The number of carboxylic acids is 1. The van der Waals surface area contributed by atoms with E-state index >= 15 is 0 Å². The molecule has 0 bridgehead atoms. The Bertz CT molecular complexity index is 307. The van der Waals surface area contributed by atoms with Gasteiger partial charge in [-0.25, -0.2) is 4.79 Å². The van der Waals surface area contributed by atoms with Crippen molar-refractivity contribution >= 4 is 11.9 Å². The summed E-state index contributed by atoms with van der Waals surface area (Å²) in [5, 5.41) is 11.6. The van der Waals surface area contributed by atoms with Gasteiger partial charge in [-0.1, -0.05) is 5.18 Å². The van der Waals surface area contributed by atoms with Gasteiger partial charge in [-0.15, -0.1) is 4.91 Å². The smallest absolute Gasteiger partial charge is 0.335 e. The summed E-state index contributed by atoms with van der Waals surface area (Å²) in [6.45, 7) is 2.38. The number of hydrogen-bond donors (Lipinski definition) is 1. The van der Waals surface area contributed by atoms with E-state index in [1.165, 1.54) is 0 Å². The van der Waals surface area contributed by atoms with Gasteiger partial charge in [0.05, 0.1) is 6.61 Å². The van der Waals surface area contributed by atoms with Crippen molar-refractivity contribution in [3.05, 3.63) is 4.91 Å². The van der Waals surface area contributed by atoms with Crippen LogP contribution >= 0.6 is 0 Å². The maximum atomic E-state index is 11.3. The average molecular weight is 244 g/mol. The van der Waals surface area contributed by atoms with E-state index in [2.05, 4.69) is 5.18 Å². The molecule has 1 fully saturated rings. The fourth-order valence-electron chi connectivity index (χ4n) is 1.94. The van der Waals surface area contributed by atoms with Crippen LogP contribution in [0.1, 0.15) is 19.8 Å². The Labute approximate surface area is 98.7 Å². The minimum absolute atomic E-state index is 0.0132. The molecule has 0 spiro atoms. The van der Waals surface area contributed by atoms with Crippen molar-refractivity contribution in [3.63, 3.8) is 0 Å². The standard InChI is InChI=1S/C10H16N2O5/c1-2-17-10(15)7(11-16)6-12-5-3-4-8(12)9(13)14/h7-8H,2-6H2,1H3,(H,13,14). The van der Waals surface area contributed by atoms with E-state index in [0.717, 1.165) is 6.42 Å². The molecule has 0 aromatic rings. The van der Waals surface area contributed by atoms with E-state index in [0.29, 0.717) is 13.0 Å². The molecule has 7 heteroatoms. The van der Waals surface area contributed by atoms with Gasteiger partial charge in [0.1, 0.15) is 6.04 Å². The van der Waals surface area contributed by atoms with Gasteiger partial charge in [-0.05, 0) is 26.3 Å². The van der Waals surface area contributed by atoms with E-state index in [-0.39, 0.29) is 13.2 Å². The van der Waals surface area contributed by atoms with Crippen LogP contribution in [0.3, 0.4) is 0 Å². The first-order chi connectivity index (χ1) is 8.10. The van der Waals surface area contributed by atoms with E-state index in [9.17, 15) is 14.5 Å². The summed E-state index contributed by atoms with van der Waals surface area (Å²) in [4.78, 5) is 34.4. The summed E-state index contributed by atoms with van der Waals surface area (Å²) in [6.07, 6.45) is 1.27. The summed E-state index contributed by atoms with van der Waals surface area (Å²) in [6, 6.07) is -1.77. The topological polar surface area (TPSA) is 96.3 Å². The molecule has 2 unspecified atom stereocenters. The third-order valence-electron chi connectivity index (χ3n) is 2.74. The van der Waals surface area contributed by atoms with Crippen molar-refractivity contribution in [2.24, 2.45) is 5.18 Å². The molecule has 0 saturated carbocycles. The number of esters is 1. The Kier molecular flexibility index (Phi) is 5.02. The average Bonchev–Trinajstić information content (AvgIpc) is 2.74. The molecule has 0 aliphatic carbocycles. The van der Waals surface area contributed by atoms with Crippen molar-refractivity contribution in [1.29, 1.82) is 0 Å². The molecule has 0 aromatic carbocycles. The van der Waals surface area contributed by atoms with Crippen molar-refractivity contribution in [3.8, 4) is 0 Å². The van der Waals surface area contributed by atoms with Gasteiger partial charge in [0, 0.05) is 6.54 Å². The maximum Gasteiger partial charge on any atom is 0.335 e. The van der Waals surface area contributed by atoms with Crippen LogP contribution in [0.25, 0.3) is 0 Å². The second-order valence-electron chi connectivity index (χ2n) is 3.86. The van der Waals surface area contributed by atoms with Crippen LogP contribution in [0, 0.1) is 4.91 Å². The summed E-state index contributed by atoms with van der Waals surface area (Å²) in [5.41, 5.74) is 0. The largest absolute Gasteiger partial charge is 0.480 e. The van der Waals surface area contributed by atoms with Crippen LogP contribution in [-0.4, -0.2) is 53.7 Å². The summed E-state index contributed by atoms with van der Waals surface area (Å²) < 4.78 is 4.69. The normalized spacial score (nSPS) is 22.1. The highest BCUT2D eigenvalue weighted by atomic mass is 16.5. The number of ether oxygens (including phenoxy) is 1. The molecule has 96 valence electrons. The van der Waals surface area contributed by atoms with Crippen LogP contribution in [0.15, 0.2) is 5.18 Å². The Morgan fingerprint density at radius 1 is 1.59 bits per heavy atom. The molecule has 2 atom stereocenters. The van der Waals surface area contributed by atoms with Crippen molar-refractivity contribution in [2.45, 2.75) is 31.8 Å². The lowest BCUT2D eigenvalue weighted by Gasteiger charge is -2.22. The molecule has 1 rings (SSSR count). The quantitative estimate of drug-likeness (QED) is 0.531. The molecule has 1 aliphatic rings. The van der Waals surface area contributed by atoms with Gasteiger partial charge in [0.2, 0.25) is 6.04 Å². The van der Waals surface area contributed by atoms with Crippen LogP contribution < -0.4 is 0 Å². The minimum Gasteiger partial charge on any atom is -0.480 e. The number of rotatable bonds is 6. The highest BCUT2D eigenvalue weighted by Gasteiger charge is 2.34. The molecule has 1 heterocycles. The molecule has 7 nitrogen and oxygen atoms in total. The SMILES string of the molecule is CCOC(=O)C(CN1CCCC1C(=O)O)N=O. The van der Waals surface area contributed by atoms with E-state index < -0.39 is 24.0 Å². The fraction of sp³-hybridized carbons (Fsp3) is 0.800. The van der Waals surface area contributed by atoms with Crippen molar-refractivity contribution in [2.75, 3.05) is 19.7 Å². The second-order valence-corrected chi connectivity index (χ2v) is 3.86. The van der Waals surface area contributed by atoms with Crippen LogP contribution in [-0.2, 0) is 14.3 Å². The monoisotopic (exact) mass is 244 g/mol. The van der Waals surface area contributed by atoms with Crippen molar-refractivity contribution < 1.29 is 19.4 Å². The van der Waals surface area contributed by atoms with Crippen molar-refractivity contribution in [1.82, 2.24) is 4.90 Å². The van der Waals surface area contributed by atoms with E-state index in [1.54, 1.807) is 11.8 Å². The third kappa shape index (κ3) is 3.48. The van der Waals surface area contributed by atoms with E-state index in [1.807, 2.05) is 0 Å². The molecule has 0 aromatic heterocycles. The predicted octanol–water partition coefficient (Wildman–Crippen LogP) is 0.233. The summed E-state index contributed by atoms with van der Waals surface area (Å²) >= 11 is 0. The Balaban J connectivity index is 2.58. The van der Waals surface area contributed by atoms with Gasteiger partial charge in [-0.2, -0.15) is 0 Å². The van der Waals surface area contributed by atoms with Crippen LogP contribution in [0.2, 0.25) is 0 Å². The van der Waals surface area contributed by atoms with Crippen LogP contribution in [0.5, 0.6) is 0 Å². The lowest BCUT2D eigenvalue weighted by atomic mass is 10.2. The zero-order chi connectivity index (χ0) is 12.8. The molecule has 0 amide bonds. The second kappa shape index (κ2) is 6.29. The van der Waals surface area contributed by atoms with Gasteiger partial charge in [-0.3, -0.25) is 9.69 Å². The molecule has 1 aliphatic heterocycles. The molecule has 1 N–H and O–H groups in total. The maximum absolute atomic E-state index is 11.3. The number of likely N-dealkylation sites (tertiary alicyclic amines) is 1. The summed E-state index contributed by atoms with van der Waals surface area (Å²) in [7, 11) is 0. The summed E-state index contributed by atoms with van der Waals surface area (Å²) in [5.74, 6) is -1.63. The zero-order valence-electron chi connectivity index (χ0n) is 9.66. The Morgan fingerprint density at radius 3 is 2.82 bits per heavy atom. The number of carbonyl (C=O) groups is 2. The minimum atomic E-state index is -1.14. The highest BCUT2D eigenvalue weighted by molar-refractivity contribution is 5.77. The fourth-order valence-corrected chi connectivity index (χ4v) is 1.94. The first-order valence-electron chi connectivity index (χ1n) is 5.56. The molecule has 17 heavy (non-hydrogen) atoms. The first-order valence-corrected chi connectivity index (χ1v) is 5.56. The number of nitrogens with zero attached hydrogens (tertiary/aromatic N) is 2. The number of nitroso groups, excluding NO2 is 1. The third-order valence-corrected chi connectivity index (χ3v) is 2.74. The van der Waals surface area contributed by atoms with E-state index in [4.69, 9.17) is 9.84 Å². The van der Waals surface area contributed by atoms with Gasteiger partial charge in [0.25, 0.3) is 0 Å². The molecular formula is C10H16N2O5. The number of carboxylic acid groups (broad SMARTS) is 1. The lowest BCUT2D eigenvalue weighted by molar-refractivity contribution is -0.147. The number of carbonyl (C=O) groups excluding carboxylic acids is 1. The number of aliphatic carboxylic acids is 1. The Morgan fingerprint density at radius 2 is 2.29 bits per heavy atom. The van der Waals surface area contributed by atoms with Crippen LogP contribution in [0.4, 0.5) is 0 Å². The molecule has 0 radical (unpaired) electrons. The predicted molar refractivity (Wildman–Crippen MR) is 58.4 cm³/mol. The lowest BCUT2D eigenvalue weighted by Crippen LogP contribution is -2.42. The molecular weight excluding hydrogens is 228 g/mol. The first kappa shape index (κ1) is 13.6. The zero-order valence-corrected chi connectivity index (χ0v) is 9.66. The number of hydrogen-bond acceptors (Lipinski definition) is 6. The Hall–Kier alpha value is -1.50. The van der Waals surface area contributed by atoms with Gasteiger partial charge in [0.15, 0.2) is 0 Å². The highest BCUT2D eigenvalue weighted by Crippen LogP contribution is 2.18. The van der Waals surface area contributed by atoms with Gasteiger partial charge >= 0.3 is 11.9 Å².